The first-order valence-corrected chi connectivity index (χ1v) is 8.22. The lowest BCUT2D eigenvalue weighted by atomic mass is 10.1. The van der Waals surface area contributed by atoms with Gasteiger partial charge in [-0.3, -0.25) is 9.48 Å². The number of amides is 1. The Bertz CT molecular complexity index is 897. The summed E-state index contributed by atoms with van der Waals surface area (Å²) in [6.07, 6.45) is 0.778. The maximum Gasteiger partial charge on any atom is 0.270 e. The van der Waals surface area contributed by atoms with Gasteiger partial charge in [-0.2, -0.15) is 10.1 Å². The van der Waals surface area contributed by atoms with Crippen LogP contribution in [0.4, 0.5) is 0 Å². The van der Waals surface area contributed by atoms with E-state index >= 15 is 0 Å². The highest BCUT2D eigenvalue weighted by Crippen LogP contribution is 2.20. The summed E-state index contributed by atoms with van der Waals surface area (Å²) in [6, 6.07) is 9.24. The fourth-order valence-corrected chi connectivity index (χ4v) is 2.56. The van der Waals surface area contributed by atoms with E-state index in [1.54, 1.807) is 17.8 Å². The number of nitrogens with one attached hydrogen (secondary N) is 1. The molecule has 0 unspecified atom stereocenters. The fraction of sp³-hybridized carbons (Fsp3) is 0.333. The largest absolute Gasteiger partial charge is 0.339 e. The van der Waals surface area contributed by atoms with Crippen molar-refractivity contribution < 1.29 is 9.32 Å². The van der Waals surface area contributed by atoms with Gasteiger partial charge in [-0.15, -0.1) is 0 Å². The Morgan fingerprint density at radius 2 is 2.16 bits per heavy atom. The van der Waals surface area contributed by atoms with E-state index in [1.165, 1.54) is 0 Å². The maximum absolute atomic E-state index is 12.4. The Kier molecular flexibility index (Phi) is 4.65. The summed E-state index contributed by atoms with van der Waals surface area (Å²) in [7, 11) is 1.75. The van der Waals surface area contributed by atoms with Crippen LogP contribution in [0.1, 0.15) is 47.5 Å². The molecule has 0 saturated heterocycles. The van der Waals surface area contributed by atoms with Crippen molar-refractivity contribution in [1.82, 2.24) is 25.2 Å². The topological polar surface area (TPSA) is 85.8 Å². The van der Waals surface area contributed by atoms with Crippen molar-refractivity contribution in [3.8, 4) is 11.4 Å². The van der Waals surface area contributed by atoms with Gasteiger partial charge in [-0.25, -0.2) is 0 Å². The van der Waals surface area contributed by atoms with Crippen LogP contribution in [-0.2, 0) is 13.5 Å². The maximum atomic E-state index is 12.4. The van der Waals surface area contributed by atoms with Gasteiger partial charge in [0.05, 0.1) is 5.69 Å². The van der Waals surface area contributed by atoms with Gasteiger partial charge >= 0.3 is 0 Å². The summed E-state index contributed by atoms with van der Waals surface area (Å²) in [6.45, 7) is 5.81. The number of hydrogen-bond donors (Lipinski definition) is 1. The average molecular weight is 339 g/mol. The SMILES string of the molecule is CCc1cc(C(=O)N[C@H](C)c2nc(-c3cccc(C)c3)no2)n(C)n1. The van der Waals surface area contributed by atoms with E-state index < -0.39 is 6.04 Å². The Morgan fingerprint density at radius 3 is 2.84 bits per heavy atom. The monoisotopic (exact) mass is 339 g/mol. The molecule has 1 aromatic carbocycles. The molecule has 7 heteroatoms. The molecule has 1 N–H and O–H groups in total. The van der Waals surface area contributed by atoms with E-state index in [0.29, 0.717) is 17.4 Å². The predicted octanol–water partition coefficient (Wildman–Crippen LogP) is 2.83. The minimum Gasteiger partial charge on any atom is -0.339 e. The molecular formula is C18H21N5O2. The lowest BCUT2D eigenvalue weighted by Gasteiger charge is -2.09. The standard InChI is InChI=1S/C18H21N5O2/c1-5-14-10-15(23(4)21-14)17(24)19-12(3)18-20-16(22-25-18)13-8-6-7-11(2)9-13/h6-10,12H,5H2,1-4H3,(H,19,24)/t12-/m1/s1. The quantitative estimate of drug-likeness (QED) is 0.772. The molecule has 7 nitrogen and oxygen atoms in total. The molecule has 130 valence electrons. The Hall–Kier alpha value is -2.96. The van der Waals surface area contributed by atoms with E-state index in [4.69, 9.17) is 4.52 Å². The third-order valence-electron chi connectivity index (χ3n) is 3.96. The van der Waals surface area contributed by atoms with Gasteiger partial charge in [-0.05, 0) is 32.4 Å². The number of benzene rings is 1. The van der Waals surface area contributed by atoms with Crippen LogP contribution in [-0.4, -0.2) is 25.8 Å². The van der Waals surface area contributed by atoms with Crippen molar-refractivity contribution in [1.29, 1.82) is 0 Å². The minimum absolute atomic E-state index is 0.225. The number of carbonyl (C=O) groups is 1. The Labute approximate surface area is 146 Å². The summed E-state index contributed by atoms with van der Waals surface area (Å²) >= 11 is 0. The van der Waals surface area contributed by atoms with Crippen molar-refractivity contribution >= 4 is 5.91 Å². The molecule has 1 amide bonds. The predicted molar refractivity (Wildman–Crippen MR) is 92.9 cm³/mol. The third-order valence-corrected chi connectivity index (χ3v) is 3.96. The minimum atomic E-state index is -0.404. The zero-order chi connectivity index (χ0) is 18.0. The molecule has 3 aromatic rings. The van der Waals surface area contributed by atoms with Crippen molar-refractivity contribution in [2.45, 2.75) is 33.2 Å². The molecule has 2 heterocycles. The van der Waals surface area contributed by atoms with Gasteiger partial charge < -0.3 is 9.84 Å². The zero-order valence-corrected chi connectivity index (χ0v) is 14.8. The van der Waals surface area contributed by atoms with Crippen LogP contribution in [0.3, 0.4) is 0 Å². The van der Waals surface area contributed by atoms with Crippen LogP contribution in [0.15, 0.2) is 34.9 Å². The van der Waals surface area contributed by atoms with Crippen molar-refractivity contribution in [2.24, 2.45) is 7.05 Å². The lowest BCUT2D eigenvalue weighted by molar-refractivity contribution is 0.0923. The molecule has 0 radical (unpaired) electrons. The van der Waals surface area contributed by atoms with E-state index in [9.17, 15) is 4.79 Å². The summed E-state index contributed by atoms with van der Waals surface area (Å²) in [4.78, 5) is 16.8. The average Bonchev–Trinajstić information content (AvgIpc) is 3.21. The smallest absolute Gasteiger partial charge is 0.270 e. The number of carbonyl (C=O) groups excluding carboxylic acids is 1. The summed E-state index contributed by atoms with van der Waals surface area (Å²) in [5, 5.41) is 11.2. The van der Waals surface area contributed by atoms with Crippen LogP contribution < -0.4 is 5.32 Å². The van der Waals surface area contributed by atoms with Crippen LogP contribution >= 0.6 is 0 Å². The van der Waals surface area contributed by atoms with E-state index in [2.05, 4.69) is 20.6 Å². The van der Waals surface area contributed by atoms with Gasteiger partial charge in [0.2, 0.25) is 11.7 Å². The molecule has 1 atom stereocenters. The van der Waals surface area contributed by atoms with Gasteiger partial charge in [0, 0.05) is 12.6 Å². The first kappa shape index (κ1) is 16.9. The second kappa shape index (κ2) is 6.88. The molecule has 0 aliphatic rings. The molecule has 0 aliphatic carbocycles. The normalized spacial score (nSPS) is 12.2. The lowest BCUT2D eigenvalue weighted by Crippen LogP contribution is -2.28. The Morgan fingerprint density at radius 1 is 1.36 bits per heavy atom. The van der Waals surface area contributed by atoms with Gasteiger partial charge in [0.15, 0.2) is 0 Å². The van der Waals surface area contributed by atoms with Gasteiger partial charge in [-0.1, -0.05) is 35.8 Å². The highest BCUT2D eigenvalue weighted by molar-refractivity contribution is 5.92. The highest BCUT2D eigenvalue weighted by atomic mass is 16.5. The van der Waals surface area contributed by atoms with E-state index in [0.717, 1.165) is 23.2 Å². The first-order chi connectivity index (χ1) is 12.0. The van der Waals surface area contributed by atoms with E-state index in [1.807, 2.05) is 45.0 Å². The summed E-state index contributed by atoms with van der Waals surface area (Å²) in [5.74, 6) is 0.647. The number of aromatic nitrogens is 4. The van der Waals surface area contributed by atoms with Crippen LogP contribution in [0.25, 0.3) is 11.4 Å². The summed E-state index contributed by atoms with van der Waals surface area (Å²) < 4.78 is 6.89. The second-order valence-corrected chi connectivity index (χ2v) is 6.02. The number of nitrogens with zero attached hydrogens (tertiary/aromatic N) is 4. The van der Waals surface area contributed by atoms with Crippen molar-refractivity contribution in [3.63, 3.8) is 0 Å². The molecule has 25 heavy (non-hydrogen) atoms. The van der Waals surface area contributed by atoms with E-state index in [-0.39, 0.29) is 5.91 Å². The van der Waals surface area contributed by atoms with Crippen LogP contribution in [0.5, 0.6) is 0 Å². The van der Waals surface area contributed by atoms with Crippen LogP contribution in [0.2, 0.25) is 0 Å². The molecule has 2 aromatic heterocycles. The number of hydrogen-bond acceptors (Lipinski definition) is 5. The van der Waals surface area contributed by atoms with Gasteiger partial charge in [0.1, 0.15) is 11.7 Å². The molecule has 0 bridgehead atoms. The third kappa shape index (κ3) is 3.60. The number of aryl methyl sites for hydroxylation is 3. The van der Waals surface area contributed by atoms with Gasteiger partial charge in [0.25, 0.3) is 5.91 Å². The molecule has 0 spiro atoms. The number of rotatable bonds is 5. The molecule has 0 saturated carbocycles. The fourth-order valence-electron chi connectivity index (χ4n) is 2.56. The second-order valence-electron chi connectivity index (χ2n) is 6.02. The first-order valence-electron chi connectivity index (χ1n) is 8.22. The molecule has 0 aliphatic heterocycles. The molecular weight excluding hydrogens is 318 g/mol. The summed E-state index contributed by atoms with van der Waals surface area (Å²) in [5.41, 5.74) is 3.38. The van der Waals surface area contributed by atoms with Crippen molar-refractivity contribution in [2.75, 3.05) is 0 Å². The molecule has 3 rings (SSSR count). The zero-order valence-electron chi connectivity index (χ0n) is 14.8. The van der Waals surface area contributed by atoms with Crippen molar-refractivity contribution in [3.05, 3.63) is 53.2 Å². The molecule has 0 fully saturated rings. The Balaban J connectivity index is 1.74. The van der Waals surface area contributed by atoms with Crippen LogP contribution in [0, 0.1) is 6.92 Å². The highest BCUT2D eigenvalue weighted by Gasteiger charge is 2.20.